The molecule has 11 heavy (non-hydrogen) atoms. The molecule has 0 amide bonds. The number of hydrogen-bond acceptors (Lipinski definition) is 3. The van der Waals surface area contributed by atoms with E-state index in [1.54, 1.807) is 0 Å². The molecule has 1 N–H and O–H groups in total. The van der Waals surface area contributed by atoms with Gasteiger partial charge in [-0.3, -0.25) is 0 Å². The Bertz CT molecular complexity index is 187. The molecule has 0 saturated carbocycles. The summed E-state index contributed by atoms with van der Waals surface area (Å²) < 4.78 is 0. The molecule has 1 aliphatic rings. The zero-order valence-electron chi connectivity index (χ0n) is 6.45. The summed E-state index contributed by atoms with van der Waals surface area (Å²) in [5.74, 6) is 0. The molecule has 0 aliphatic carbocycles. The molecule has 0 spiro atoms. The van der Waals surface area contributed by atoms with Gasteiger partial charge in [-0.2, -0.15) is 5.26 Å². The van der Waals surface area contributed by atoms with Gasteiger partial charge in [0.1, 0.15) is 11.8 Å². The van der Waals surface area contributed by atoms with Gasteiger partial charge in [-0.15, -0.1) is 0 Å². The van der Waals surface area contributed by atoms with Crippen LogP contribution >= 0.6 is 0 Å². The molecule has 1 heterocycles. The molecule has 1 fully saturated rings. The molecule has 1 rings (SSSR count). The lowest BCUT2D eigenvalue weighted by molar-refractivity contribution is 0.0992. The van der Waals surface area contributed by atoms with E-state index in [9.17, 15) is 0 Å². The van der Waals surface area contributed by atoms with Crippen molar-refractivity contribution in [2.75, 3.05) is 13.1 Å². The van der Waals surface area contributed by atoms with Crippen molar-refractivity contribution >= 4 is 0 Å². The fraction of sp³-hybridized carbons (Fsp3) is 0.625. The van der Waals surface area contributed by atoms with E-state index >= 15 is 0 Å². The summed E-state index contributed by atoms with van der Waals surface area (Å²) in [7, 11) is 0. The number of aliphatic hydroxyl groups is 1. The quantitative estimate of drug-likeness (QED) is 0.556. The van der Waals surface area contributed by atoms with Crippen molar-refractivity contribution in [3.8, 4) is 6.07 Å². The van der Waals surface area contributed by atoms with Gasteiger partial charge in [0.15, 0.2) is 0 Å². The summed E-state index contributed by atoms with van der Waals surface area (Å²) in [5, 5.41) is 17.6. The minimum absolute atomic E-state index is 0.183. The molecule has 3 heteroatoms. The summed E-state index contributed by atoms with van der Waals surface area (Å²) in [6, 6.07) is 2.00. The van der Waals surface area contributed by atoms with E-state index < -0.39 is 0 Å². The van der Waals surface area contributed by atoms with Crippen LogP contribution in [0, 0.1) is 11.3 Å². The smallest absolute Gasteiger partial charge is 0.116 e. The van der Waals surface area contributed by atoms with Crippen LogP contribution in [-0.2, 0) is 0 Å². The average Bonchev–Trinajstić information content (AvgIpc) is 2.05. The largest absolute Gasteiger partial charge is 0.393 e. The van der Waals surface area contributed by atoms with Gasteiger partial charge in [0.2, 0.25) is 0 Å². The van der Waals surface area contributed by atoms with Crippen molar-refractivity contribution in [1.29, 1.82) is 5.26 Å². The predicted octanol–water partition coefficient (Wildman–Crippen LogP) is 0.480. The lowest BCUT2D eigenvalue weighted by Gasteiger charge is -2.29. The van der Waals surface area contributed by atoms with E-state index in [0.29, 0.717) is 5.70 Å². The van der Waals surface area contributed by atoms with Crippen molar-refractivity contribution in [2.45, 2.75) is 18.9 Å². The lowest BCUT2D eigenvalue weighted by atomic mass is 10.1. The molecule has 1 saturated heterocycles. The Morgan fingerprint density at radius 2 is 2.09 bits per heavy atom. The van der Waals surface area contributed by atoms with Crippen LogP contribution in [0.1, 0.15) is 12.8 Å². The van der Waals surface area contributed by atoms with Crippen molar-refractivity contribution in [1.82, 2.24) is 4.90 Å². The third-order valence-corrected chi connectivity index (χ3v) is 1.98. The van der Waals surface area contributed by atoms with Crippen LogP contribution in [0.15, 0.2) is 12.3 Å². The maximum atomic E-state index is 9.14. The summed E-state index contributed by atoms with van der Waals surface area (Å²) in [6.07, 6.45) is 1.32. The van der Waals surface area contributed by atoms with Crippen LogP contribution in [-0.4, -0.2) is 29.2 Å². The minimum Gasteiger partial charge on any atom is -0.393 e. The number of likely N-dealkylation sites (tertiary alicyclic amines) is 1. The third kappa shape index (κ3) is 1.95. The van der Waals surface area contributed by atoms with E-state index in [1.165, 1.54) is 0 Å². The summed E-state index contributed by atoms with van der Waals surface area (Å²) in [6.45, 7) is 5.12. The van der Waals surface area contributed by atoms with E-state index in [-0.39, 0.29) is 6.10 Å². The number of piperidine rings is 1. The van der Waals surface area contributed by atoms with Crippen molar-refractivity contribution in [2.24, 2.45) is 0 Å². The van der Waals surface area contributed by atoms with Crippen LogP contribution in [0.4, 0.5) is 0 Å². The fourth-order valence-corrected chi connectivity index (χ4v) is 1.21. The molecule has 1 aliphatic heterocycles. The van der Waals surface area contributed by atoms with E-state index in [1.807, 2.05) is 11.0 Å². The number of rotatable bonds is 1. The first-order valence-corrected chi connectivity index (χ1v) is 3.76. The summed E-state index contributed by atoms with van der Waals surface area (Å²) in [4.78, 5) is 1.91. The number of nitrogens with zero attached hydrogens (tertiary/aromatic N) is 2. The monoisotopic (exact) mass is 152 g/mol. The van der Waals surface area contributed by atoms with Crippen LogP contribution in [0.3, 0.4) is 0 Å². The fourth-order valence-electron chi connectivity index (χ4n) is 1.21. The number of aliphatic hydroxyl groups excluding tert-OH is 1. The van der Waals surface area contributed by atoms with E-state index in [0.717, 1.165) is 25.9 Å². The Morgan fingerprint density at radius 3 is 2.55 bits per heavy atom. The highest BCUT2D eigenvalue weighted by molar-refractivity contribution is 5.14. The topological polar surface area (TPSA) is 47.3 Å². The molecule has 0 atom stereocenters. The molecular formula is C8H12N2O. The molecule has 0 aromatic heterocycles. The Kier molecular flexibility index (Phi) is 2.50. The second-order valence-corrected chi connectivity index (χ2v) is 2.78. The zero-order chi connectivity index (χ0) is 8.27. The normalized spacial score (nSPS) is 19.5. The van der Waals surface area contributed by atoms with Crippen LogP contribution in [0.25, 0.3) is 0 Å². The number of nitriles is 1. The Morgan fingerprint density at radius 1 is 1.55 bits per heavy atom. The third-order valence-electron chi connectivity index (χ3n) is 1.98. The van der Waals surface area contributed by atoms with E-state index in [2.05, 4.69) is 6.58 Å². The highest BCUT2D eigenvalue weighted by Gasteiger charge is 2.17. The molecule has 60 valence electrons. The van der Waals surface area contributed by atoms with Crippen molar-refractivity contribution < 1.29 is 5.11 Å². The van der Waals surface area contributed by atoms with Gasteiger partial charge in [0.05, 0.1) is 6.10 Å². The zero-order valence-corrected chi connectivity index (χ0v) is 6.45. The Labute approximate surface area is 66.5 Å². The molecule has 0 bridgehead atoms. The van der Waals surface area contributed by atoms with Crippen molar-refractivity contribution in [3.05, 3.63) is 12.3 Å². The first-order chi connectivity index (χ1) is 5.24. The van der Waals surface area contributed by atoms with Crippen LogP contribution in [0.5, 0.6) is 0 Å². The summed E-state index contributed by atoms with van der Waals surface area (Å²) in [5.41, 5.74) is 0.511. The van der Waals surface area contributed by atoms with Gasteiger partial charge in [-0.25, -0.2) is 0 Å². The highest BCUT2D eigenvalue weighted by atomic mass is 16.3. The van der Waals surface area contributed by atoms with E-state index in [4.69, 9.17) is 10.4 Å². The maximum absolute atomic E-state index is 9.14. The lowest BCUT2D eigenvalue weighted by Crippen LogP contribution is -2.34. The standard InChI is InChI=1S/C8H12N2O/c1-7(6-9)10-4-2-8(11)3-5-10/h8,11H,1-5H2. The Hall–Kier alpha value is -1.01. The van der Waals surface area contributed by atoms with Gasteiger partial charge >= 0.3 is 0 Å². The van der Waals surface area contributed by atoms with Crippen LogP contribution < -0.4 is 0 Å². The van der Waals surface area contributed by atoms with Gasteiger partial charge in [-0.1, -0.05) is 6.58 Å². The minimum atomic E-state index is -0.183. The molecule has 3 nitrogen and oxygen atoms in total. The first-order valence-electron chi connectivity index (χ1n) is 3.76. The predicted molar refractivity (Wildman–Crippen MR) is 41.6 cm³/mol. The van der Waals surface area contributed by atoms with Gasteiger partial charge in [0.25, 0.3) is 0 Å². The SMILES string of the molecule is C=C(C#N)N1CCC(O)CC1. The molecule has 0 radical (unpaired) electrons. The highest BCUT2D eigenvalue weighted by Crippen LogP contribution is 2.13. The van der Waals surface area contributed by atoms with Gasteiger partial charge in [0, 0.05) is 13.1 Å². The molecule has 0 aromatic carbocycles. The molecular weight excluding hydrogens is 140 g/mol. The Balaban J connectivity index is 2.40. The number of allylic oxidation sites excluding steroid dienone is 1. The van der Waals surface area contributed by atoms with Crippen LogP contribution in [0.2, 0.25) is 0 Å². The van der Waals surface area contributed by atoms with Crippen molar-refractivity contribution in [3.63, 3.8) is 0 Å². The first kappa shape index (κ1) is 8.09. The van der Waals surface area contributed by atoms with Gasteiger partial charge in [-0.05, 0) is 12.8 Å². The second kappa shape index (κ2) is 3.40. The molecule has 0 aromatic rings. The second-order valence-electron chi connectivity index (χ2n) is 2.78. The van der Waals surface area contributed by atoms with Gasteiger partial charge < -0.3 is 10.0 Å². The average molecular weight is 152 g/mol. The maximum Gasteiger partial charge on any atom is 0.116 e. The number of hydrogen-bond donors (Lipinski definition) is 1. The molecule has 0 unspecified atom stereocenters. The summed E-state index contributed by atoms with van der Waals surface area (Å²) >= 11 is 0.